The van der Waals surface area contributed by atoms with Crippen LogP contribution >= 0.6 is 34.4 Å². The molecule has 0 bridgehead atoms. The average molecular weight is 377 g/mol. The van der Waals surface area contributed by atoms with Gasteiger partial charge in [-0.3, -0.25) is 4.79 Å². The number of hydrogen-bond acceptors (Lipinski definition) is 4. The predicted octanol–water partition coefficient (Wildman–Crippen LogP) is 1.34. The lowest BCUT2D eigenvalue weighted by Gasteiger charge is -2.06. The van der Waals surface area contributed by atoms with Crippen LogP contribution in [0.15, 0.2) is 34.2 Å². The summed E-state index contributed by atoms with van der Waals surface area (Å²) < 4.78 is 2.26. The first-order valence-electron chi connectivity index (χ1n) is 4.86. The quantitative estimate of drug-likeness (QED) is 0.620. The molecule has 2 rings (SSSR count). The number of thioether (sulfide) groups is 1. The van der Waals surface area contributed by atoms with Crippen LogP contribution in [0.1, 0.15) is 0 Å². The number of hydrogen-bond donors (Lipinski definition) is 2. The number of H-pyrrole nitrogens is 1. The number of carboxylic acids is 1. The summed E-state index contributed by atoms with van der Waals surface area (Å²) in [5.41, 5.74) is 0.303. The Morgan fingerprint density at radius 2 is 2.22 bits per heavy atom. The molecule has 1 aromatic carbocycles. The molecule has 0 fully saturated rings. The van der Waals surface area contributed by atoms with E-state index in [0.29, 0.717) is 10.8 Å². The number of nitrogens with one attached hydrogen (secondary N) is 1. The standard InChI is InChI=1S/C10H8IN3O3S/c11-6-3-1-2-4-7(6)14-9(17)12-13-10(14)18-5-8(15)16/h1-4H,5H2,(H,12,17)(H,15,16). The Morgan fingerprint density at radius 1 is 1.50 bits per heavy atom. The summed E-state index contributed by atoms with van der Waals surface area (Å²) in [6.45, 7) is 0. The summed E-state index contributed by atoms with van der Waals surface area (Å²) in [4.78, 5) is 22.3. The van der Waals surface area contributed by atoms with Crippen molar-refractivity contribution in [1.82, 2.24) is 14.8 Å². The van der Waals surface area contributed by atoms with E-state index in [1.54, 1.807) is 6.07 Å². The van der Waals surface area contributed by atoms with Crippen LogP contribution in [0.3, 0.4) is 0 Å². The summed E-state index contributed by atoms with van der Waals surface area (Å²) in [5.74, 6) is -1.10. The van der Waals surface area contributed by atoms with Gasteiger partial charge in [-0.1, -0.05) is 23.9 Å². The van der Waals surface area contributed by atoms with Crippen molar-refractivity contribution in [3.8, 4) is 5.69 Å². The Morgan fingerprint density at radius 3 is 2.89 bits per heavy atom. The number of benzene rings is 1. The van der Waals surface area contributed by atoms with Crippen molar-refractivity contribution in [3.63, 3.8) is 0 Å². The highest BCUT2D eigenvalue weighted by molar-refractivity contribution is 14.1. The molecule has 2 aromatic rings. The zero-order chi connectivity index (χ0) is 13.1. The highest BCUT2D eigenvalue weighted by atomic mass is 127. The fourth-order valence-corrected chi connectivity index (χ4v) is 2.65. The van der Waals surface area contributed by atoms with Crippen molar-refractivity contribution in [2.45, 2.75) is 5.16 Å². The van der Waals surface area contributed by atoms with Crippen LogP contribution in [0.2, 0.25) is 0 Å². The zero-order valence-corrected chi connectivity index (χ0v) is 11.9. The van der Waals surface area contributed by atoms with Gasteiger partial charge in [0.05, 0.1) is 11.4 Å². The van der Waals surface area contributed by atoms with E-state index in [0.717, 1.165) is 15.3 Å². The van der Waals surface area contributed by atoms with Crippen LogP contribution in [0.4, 0.5) is 0 Å². The third-order valence-corrected chi connectivity index (χ3v) is 3.90. The Kier molecular flexibility index (Phi) is 4.07. The summed E-state index contributed by atoms with van der Waals surface area (Å²) >= 11 is 3.11. The molecular weight excluding hydrogens is 369 g/mol. The lowest BCUT2D eigenvalue weighted by Crippen LogP contribution is -2.16. The third-order valence-electron chi connectivity index (χ3n) is 2.06. The predicted molar refractivity (Wildman–Crippen MR) is 75.3 cm³/mol. The SMILES string of the molecule is O=C(O)CSc1n[nH]c(=O)n1-c1ccccc1I. The maximum Gasteiger partial charge on any atom is 0.348 e. The number of carbonyl (C=O) groups is 1. The van der Waals surface area contributed by atoms with Crippen LogP contribution in [0.25, 0.3) is 5.69 Å². The maximum absolute atomic E-state index is 11.7. The number of para-hydroxylation sites is 1. The van der Waals surface area contributed by atoms with Gasteiger partial charge in [0.15, 0.2) is 5.16 Å². The molecule has 0 aliphatic rings. The molecule has 0 radical (unpaired) electrons. The first kappa shape index (κ1) is 13.1. The Hall–Kier alpha value is -1.29. The van der Waals surface area contributed by atoms with Crippen molar-refractivity contribution >= 4 is 40.3 Å². The average Bonchev–Trinajstić information content (AvgIpc) is 2.69. The first-order chi connectivity index (χ1) is 8.59. The number of nitrogens with zero attached hydrogens (tertiary/aromatic N) is 2. The molecule has 6 nitrogen and oxygen atoms in total. The second-order valence-electron chi connectivity index (χ2n) is 3.28. The van der Waals surface area contributed by atoms with Crippen molar-refractivity contribution in [1.29, 1.82) is 0 Å². The molecule has 0 saturated carbocycles. The Labute approximate surface area is 120 Å². The minimum atomic E-state index is -0.954. The van der Waals surface area contributed by atoms with Gasteiger partial charge in [-0.05, 0) is 34.7 Å². The second kappa shape index (κ2) is 5.57. The van der Waals surface area contributed by atoms with Gasteiger partial charge in [-0.2, -0.15) is 0 Å². The van der Waals surface area contributed by atoms with Crippen LogP contribution in [-0.2, 0) is 4.79 Å². The number of carboxylic acid groups (broad SMARTS) is 1. The van der Waals surface area contributed by atoms with E-state index in [-0.39, 0.29) is 11.4 Å². The van der Waals surface area contributed by atoms with Gasteiger partial charge in [0.2, 0.25) is 0 Å². The molecule has 0 aliphatic heterocycles. The summed E-state index contributed by atoms with van der Waals surface area (Å²) in [6, 6.07) is 7.31. The molecule has 0 spiro atoms. The van der Waals surface area contributed by atoms with E-state index >= 15 is 0 Å². The minimum absolute atomic E-state index is 0.145. The number of aromatic nitrogens is 3. The monoisotopic (exact) mass is 377 g/mol. The van der Waals surface area contributed by atoms with Gasteiger partial charge in [0.25, 0.3) is 0 Å². The molecule has 0 saturated heterocycles. The molecule has 2 N–H and O–H groups in total. The van der Waals surface area contributed by atoms with Crippen molar-refractivity contribution in [2.75, 3.05) is 5.75 Å². The van der Waals surface area contributed by atoms with Crippen molar-refractivity contribution < 1.29 is 9.90 Å². The van der Waals surface area contributed by atoms with E-state index in [1.165, 1.54) is 4.57 Å². The maximum atomic E-state index is 11.7. The number of aliphatic carboxylic acids is 1. The van der Waals surface area contributed by atoms with Gasteiger partial charge in [0, 0.05) is 3.57 Å². The van der Waals surface area contributed by atoms with Crippen LogP contribution < -0.4 is 5.69 Å². The van der Waals surface area contributed by atoms with E-state index in [4.69, 9.17) is 5.11 Å². The van der Waals surface area contributed by atoms with Gasteiger partial charge < -0.3 is 5.11 Å². The lowest BCUT2D eigenvalue weighted by atomic mass is 10.3. The highest BCUT2D eigenvalue weighted by Gasteiger charge is 2.14. The van der Waals surface area contributed by atoms with E-state index in [1.807, 2.05) is 18.2 Å². The van der Waals surface area contributed by atoms with Crippen molar-refractivity contribution in [3.05, 3.63) is 38.3 Å². The molecule has 0 unspecified atom stereocenters. The van der Waals surface area contributed by atoms with Gasteiger partial charge in [-0.15, -0.1) is 5.10 Å². The molecule has 1 heterocycles. The normalized spacial score (nSPS) is 10.5. The summed E-state index contributed by atoms with van der Waals surface area (Å²) in [6.07, 6.45) is 0. The fraction of sp³-hybridized carbons (Fsp3) is 0.100. The zero-order valence-electron chi connectivity index (χ0n) is 8.96. The molecule has 94 valence electrons. The van der Waals surface area contributed by atoms with Crippen LogP contribution in [0.5, 0.6) is 0 Å². The summed E-state index contributed by atoms with van der Waals surface area (Å²) in [7, 11) is 0. The largest absolute Gasteiger partial charge is 0.481 e. The molecule has 8 heteroatoms. The smallest absolute Gasteiger partial charge is 0.348 e. The first-order valence-corrected chi connectivity index (χ1v) is 6.93. The molecular formula is C10H8IN3O3S. The van der Waals surface area contributed by atoms with E-state index < -0.39 is 5.97 Å². The van der Waals surface area contributed by atoms with Gasteiger partial charge in [0.1, 0.15) is 0 Å². The number of aromatic amines is 1. The van der Waals surface area contributed by atoms with Gasteiger partial charge >= 0.3 is 11.7 Å². The molecule has 18 heavy (non-hydrogen) atoms. The Balaban J connectivity index is 2.44. The van der Waals surface area contributed by atoms with E-state index in [2.05, 4.69) is 32.8 Å². The number of halogens is 1. The van der Waals surface area contributed by atoms with Crippen molar-refractivity contribution in [2.24, 2.45) is 0 Å². The van der Waals surface area contributed by atoms with Crippen LogP contribution in [-0.4, -0.2) is 31.6 Å². The lowest BCUT2D eigenvalue weighted by molar-refractivity contribution is -0.133. The topological polar surface area (TPSA) is 88.0 Å². The van der Waals surface area contributed by atoms with E-state index in [9.17, 15) is 9.59 Å². The fourth-order valence-electron chi connectivity index (χ4n) is 1.35. The van der Waals surface area contributed by atoms with Gasteiger partial charge in [-0.25, -0.2) is 14.5 Å². The number of rotatable bonds is 4. The van der Waals surface area contributed by atoms with Crippen LogP contribution in [0, 0.1) is 3.57 Å². The Bertz CT molecular complexity index is 637. The molecule has 0 aliphatic carbocycles. The molecule has 0 atom stereocenters. The highest BCUT2D eigenvalue weighted by Crippen LogP contribution is 2.21. The second-order valence-corrected chi connectivity index (χ2v) is 5.39. The molecule has 0 amide bonds. The third kappa shape index (κ3) is 2.75. The molecule has 1 aromatic heterocycles. The summed E-state index contributed by atoms with van der Waals surface area (Å²) in [5, 5.41) is 15.1. The minimum Gasteiger partial charge on any atom is -0.481 e.